The molecular weight excluding hydrogens is 594 g/mol. The van der Waals surface area contributed by atoms with Crippen LogP contribution in [0.5, 0.6) is 0 Å². The van der Waals surface area contributed by atoms with Crippen molar-refractivity contribution in [2.45, 2.75) is 82.2 Å². The summed E-state index contributed by atoms with van der Waals surface area (Å²) < 4.78 is 10.7. The summed E-state index contributed by atoms with van der Waals surface area (Å²) in [7, 11) is -0.576. The van der Waals surface area contributed by atoms with E-state index >= 15 is 0 Å². The summed E-state index contributed by atoms with van der Waals surface area (Å²) in [4.78, 5) is 64.2. The summed E-state index contributed by atoms with van der Waals surface area (Å²) in [5.74, 6) is -2.56. The predicted octanol–water partition coefficient (Wildman–Crippen LogP) is 4.42. The predicted molar refractivity (Wildman–Crippen MR) is 172 cm³/mol. The van der Waals surface area contributed by atoms with E-state index in [2.05, 4.69) is 16.7 Å². The third-order valence-corrected chi connectivity index (χ3v) is 9.98. The largest absolute Gasteiger partial charge is 0.454 e. The van der Waals surface area contributed by atoms with Crippen LogP contribution in [0.25, 0.3) is 11.1 Å². The Morgan fingerprint density at radius 2 is 1.62 bits per heavy atom. The monoisotopic (exact) mass is 633 g/mol. The molecule has 0 bridgehead atoms. The van der Waals surface area contributed by atoms with Gasteiger partial charge in [-0.05, 0) is 75.0 Å². The van der Waals surface area contributed by atoms with Gasteiger partial charge in [-0.25, -0.2) is 9.59 Å². The first-order chi connectivity index (χ1) is 21.4. The lowest BCUT2D eigenvalue weighted by Gasteiger charge is -2.23. The van der Waals surface area contributed by atoms with E-state index in [9.17, 15) is 29.2 Å². The summed E-state index contributed by atoms with van der Waals surface area (Å²) in [5.41, 5.74) is 3.39. The van der Waals surface area contributed by atoms with Crippen molar-refractivity contribution in [3.63, 3.8) is 0 Å². The van der Waals surface area contributed by atoms with Crippen LogP contribution in [0.3, 0.4) is 0 Å². The minimum Gasteiger partial charge on any atom is -0.454 e. The molecule has 0 aromatic heterocycles. The lowest BCUT2D eigenvalue weighted by Crippen LogP contribution is -2.52. The Hall–Kier alpha value is -4.30. The highest BCUT2D eigenvalue weighted by Gasteiger charge is 2.34. The molecule has 2 amide bonds. The first kappa shape index (κ1) is 33.6. The van der Waals surface area contributed by atoms with E-state index in [0.29, 0.717) is 5.75 Å². The molecule has 4 atom stereocenters. The van der Waals surface area contributed by atoms with Crippen LogP contribution < -0.4 is 10.6 Å². The highest BCUT2D eigenvalue weighted by atomic mass is 32.2. The van der Waals surface area contributed by atoms with Crippen LogP contribution in [0, 0.1) is 11.3 Å². The fourth-order valence-electron chi connectivity index (χ4n) is 5.42. The minimum atomic E-state index is -1.22. The number of ketones is 2. The van der Waals surface area contributed by atoms with E-state index in [1.54, 1.807) is 20.8 Å². The number of alkyl carbamates (subject to hydrolysis) is 1. The van der Waals surface area contributed by atoms with Crippen LogP contribution in [-0.2, 0) is 28.7 Å². The van der Waals surface area contributed by atoms with Gasteiger partial charge in [-0.3, -0.25) is 14.4 Å². The average molecular weight is 634 g/mol. The van der Waals surface area contributed by atoms with Gasteiger partial charge in [0, 0.05) is 12.3 Å². The molecule has 2 aromatic carbocycles. The maximum Gasteiger partial charge on any atom is 0.407 e. The van der Waals surface area contributed by atoms with E-state index in [0.717, 1.165) is 35.1 Å². The number of carbonyl (C=O) groups excluding carboxylic acids is 5. The van der Waals surface area contributed by atoms with Crippen molar-refractivity contribution in [1.82, 2.24) is 10.6 Å². The molecule has 0 radical (unpaired) electrons. The Morgan fingerprint density at radius 1 is 1.00 bits per heavy atom. The molecule has 2 aliphatic rings. The number of amides is 2. The van der Waals surface area contributed by atoms with Gasteiger partial charge in [0.1, 0.15) is 23.5 Å². The van der Waals surface area contributed by atoms with Crippen LogP contribution in [0.2, 0.25) is 0 Å². The average Bonchev–Trinajstić information content (AvgIpc) is 3.64. The van der Waals surface area contributed by atoms with Crippen LogP contribution in [-0.4, -0.2) is 70.2 Å². The molecule has 10 nitrogen and oxygen atoms in total. The zero-order chi connectivity index (χ0) is 32.7. The first-order valence-corrected chi connectivity index (χ1v) is 16.5. The van der Waals surface area contributed by atoms with Crippen LogP contribution in [0.1, 0.15) is 70.4 Å². The van der Waals surface area contributed by atoms with Gasteiger partial charge < -0.3 is 20.1 Å². The normalized spacial score (nSPS) is 17.4. The maximum absolute atomic E-state index is 13.5. The van der Waals surface area contributed by atoms with Gasteiger partial charge in [0.2, 0.25) is 11.7 Å². The van der Waals surface area contributed by atoms with Gasteiger partial charge in [-0.15, -0.1) is 0 Å². The fraction of sp³-hybridized carbons (Fsp3) is 0.441. The second-order valence-electron chi connectivity index (χ2n) is 12.1. The second kappa shape index (κ2) is 14.7. The summed E-state index contributed by atoms with van der Waals surface area (Å²) in [6, 6.07) is 15.6. The molecule has 1 heterocycles. The number of esters is 1. The van der Waals surface area contributed by atoms with E-state index < -0.39 is 63.0 Å². The molecule has 0 fully saturated rings. The topological polar surface area (TPSA) is 152 Å². The third kappa shape index (κ3) is 8.45. The summed E-state index contributed by atoms with van der Waals surface area (Å²) >= 11 is 0. The van der Waals surface area contributed by atoms with Gasteiger partial charge in [0.15, 0.2) is 5.78 Å². The van der Waals surface area contributed by atoms with E-state index in [4.69, 9.17) is 9.47 Å². The van der Waals surface area contributed by atoms with Crippen LogP contribution in [0.15, 0.2) is 48.5 Å². The first-order valence-electron chi connectivity index (χ1n) is 15.0. The highest BCUT2D eigenvalue weighted by Crippen LogP contribution is 2.44. The zero-order valence-electron chi connectivity index (χ0n) is 26.0. The number of rotatable bonds is 12. The number of hydrogen-bond acceptors (Lipinski definition) is 8. The highest BCUT2D eigenvalue weighted by molar-refractivity contribution is 8.16. The Balaban J connectivity index is 1.39. The van der Waals surface area contributed by atoms with Crippen molar-refractivity contribution in [1.29, 1.82) is 5.26 Å². The minimum absolute atomic E-state index is 0.0603. The number of hydrogen-bond donors (Lipinski definition) is 2. The van der Waals surface area contributed by atoms with Crippen LogP contribution in [0.4, 0.5) is 4.79 Å². The number of benzene rings is 2. The molecule has 4 rings (SSSR count). The Kier molecular flexibility index (Phi) is 10.9. The molecule has 45 heavy (non-hydrogen) atoms. The molecule has 2 unspecified atom stereocenters. The molecule has 2 aromatic rings. The van der Waals surface area contributed by atoms with Gasteiger partial charge in [0.25, 0.3) is 0 Å². The smallest absolute Gasteiger partial charge is 0.407 e. The number of nitrogens with one attached hydrogen (secondary N) is 2. The Labute approximate surface area is 265 Å². The van der Waals surface area contributed by atoms with Crippen LogP contribution >= 0.6 is 10.5 Å². The second-order valence-corrected chi connectivity index (χ2v) is 14.3. The molecule has 1 aliphatic heterocycles. The van der Waals surface area contributed by atoms with Crippen molar-refractivity contribution in [2.75, 3.05) is 12.4 Å². The van der Waals surface area contributed by atoms with Crippen molar-refractivity contribution in [3.8, 4) is 17.2 Å². The van der Waals surface area contributed by atoms with Crippen molar-refractivity contribution in [2.24, 2.45) is 0 Å². The standard InChI is InChI=1S/C34H39N3O7S/c1-21(36-33(42)43-20-26-24-13-7-5-11-22(24)23-12-6-8-14-25(23)26)31(40)37-27(15-16-28(38)32(41)44-34(2,3)4)30(39)29(19-35)45-17-9-10-18-45/h5-8,11-14,17,21,26-27,29H,9-10,15-16,18,20H2,1-4H3,(H,36,42)(H,37,40)/t21-,27-,29?,45?/m0/s1. The Bertz CT molecular complexity index is 1510. The molecular formula is C34H39N3O7S. The quantitative estimate of drug-likeness (QED) is 0.198. The van der Waals surface area contributed by atoms with E-state index in [1.165, 1.54) is 6.92 Å². The van der Waals surface area contributed by atoms with E-state index in [-0.39, 0.29) is 25.4 Å². The molecule has 238 valence electrons. The van der Waals surface area contributed by atoms with Gasteiger partial charge in [-0.1, -0.05) is 53.9 Å². The molecule has 0 saturated heterocycles. The number of Topliss-reactive ketones (excluding diaryl/α,β-unsaturated/α-hetero) is 2. The van der Waals surface area contributed by atoms with Crippen molar-refractivity contribution < 1.29 is 33.4 Å². The van der Waals surface area contributed by atoms with Gasteiger partial charge in [0.05, 0.1) is 12.1 Å². The maximum atomic E-state index is 13.5. The zero-order valence-corrected chi connectivity index (χ0v) is 26.8. The SMILES string of the molecule is C[C@H](NC(=O)OCC1c2ccccc2-c2ccccc21)C(=O)N[C@@H](CCC(=O)C(=O)OC(C)(C)C)C(=O)C(C#N)S1=CCCC1. The van der Waals surface area contributed by atoms with E-state index in [1.807, 2.05) is 53.9 Å². The Morgan fingerprint density at radius 3 is 2.18 bits per heavy atom. The number of fused-ring (bicyclic) bond motifs is 3. The molecule has 1 aliphatic carbocycles. The number of nitrogens with zero attached hydrogens (tertiary/aromatic N) is 1. The summed E-state index contributed by atoms with van der Waals surface area (Å²) in [5, 5.41) is 15.9. The lowest BCUT2D eigenvalue weighted by molar-refractivity contribution is -0.162. The van der Waals surface area contributed by atoms with Gasteiger partial charge in [-0.2, -0.15) is 15.7 Å². The molecule has 0 saturated carbocycles. The lowest BCUT2D eigenvalue weighted by atomic mass is 9.98. The fourth-order valence-corrected chi connectivity index (χ4v) is 7.58. The third-order valence-electron chi connectivity index (χ3n) is 7.61. The number of carbonyl (C=O) groups is 5. The molecule has 11 heteroatoms. The van der Waals surface area contributed by atoms with Crippen molar-refractivity contribution in [3.05, 3.63) is 59.7 Å². The van der Waals surface area contributed by atoms with Crippen molar-refractivity contribution >= 4 is 45.4 Å². The summed E-state index contributed by atoms with van der Waals surface area (Å²) in [6.07, 6.45) is 0.290. The molecule has 2 N–H and O–H groups in total. The van der Waals surface area contributed by atoms with Gasteiger partial charge >= 0.3 is 12.1 Å². The summed E-state index contributed by atoms with van der Waals surface area (Å²) in [6.45, 7) is 6.40. The molecule has 0 spiro atoms. The number of ether oxygens (including phenoxy) is 2. The number of nitriles is 1.